The van der Waals surface area contributed by atoms with Gasteiger partial charge in [0.1, 0.15) is 28.8 Å². The molecule has 0 aliphatic carbocycles. The van der Waals surface area contributed by atoms with Gasteiger partial charge in [-0.05, 0) is 279 Å². The predicted molar refractivity (Wildman–Crippen MR) is 624 cm³/mol. The molecule has 18 aromatic carbocycles. The molecule has 0 radical (unpaired) electrons. The van der Waals surface area contributed by atoms with E-state index in [1.807, 2.05) is 166 Å². The van der Waals surface area contributed by atoms with Crippen LogP contribution >= 0.6 is 34.9 Å². The standard InChI is InChI=1S/2C13H12O.2C13H12S.2C13H12.4C8H10.2C7H7NO2.C5H6O.C5H6S/c1-11-6-5-9-13(10-11)14-12-7-3-2-4-8-12;1-11-7-9-13(10-8-11)14-12-5-3-2-4-6-12;1-11-6-5-9-13(10-11)14-12-7-3-2-4-8-12;1-11-7-9-13(10-8-11)14-12-5-3-2-4-6-12;1-11-6-5-9-13(10-11)12-7-3-2-4-8-12;1-11-7-9-13(10-8-11)12-5-3-2-4-6-12;2*1-7-3-5-8(2)6-4-7;2*1-7-4-3-5-8(2)6-7;1-6-2-4-7(5-3-6)8(9)10;1-6-3-2-4-7(5-6)8(9)10;2*1-5-3-2-4-6-5/h4*2-10H,1H3;2*2-10H,1H3;4*3-6H,1-2H3;2*2-5H,1H3;2*2-4H,1H3. The third-order valence-corrected chi connectivity index (χ3v) is 23.6. The third-order valence-electron chi connectivity index (χ3n) is 20.8. The first kappa shape index (κ1) is 117. The van der Waals surface area contributed by atoms with Gasteiger partial charge in [0.25, 0.3) is 11.4 Å². The Morgan fingerprint density at radius 1 is 0.205 bits per heavy atom. The van der Waals surface area contributed by atoms with Gasteiger partial charge in [-0.3, -0.25) is 20.2 Å². The number of hydrogen-bond acceptors (Lipinski definition) is 10. The first-order valence-corrected chi connectivity index (χ1v) is 50.9. The summed E-state index contributed by atoms with van der Waals surface area (Å²) in [6.45, 7) is 37.1. The molecule has 0 saturated heterocycles. The highest BCUT2D eigenvalue weighted by atomic mass is 32.2. The number of nitro groups is 2. The van der Waals surface area contributed by atoms with Gasteiger partial charge in [-0.25, -0.2) is 0 Å². The molecule has 0 saturated carbocycles. The molecular weight excluding hydrogens is 1850 g/mol. The average molecular weight is 1980 g/mol. The maximum absolute atomic E-state index is 10.2. The smallest absolute Gasteiger partial charge is 0.269 e. The number of furan rings is 1. The fraction of sp³-hybridized carbons (Fsp3) is 0.134. The number of benzene rings is 18. The highest BCUT2D eigenvalue weighted by molar-refractivity contribution is 7.99. The minimum Gasteiger partial charge on any atom is -0.470 e. The van der Waals surface area contributed by atoms with E-state index in [1.165, 1.54) is 143 Å². The van der Waals surface area contributed by atoms with E-state index < -0.39 is 9.85 Å². The van der Waals surface area contributed by atoms with Crippen LogP contribution in [0.5, 0.6) is 23.0 Å². The highest BCUT2D eigenvalue weighted by Crippen LogP contribution is 2.31. The molecule has 0 unspecified atom stereocenters. The number of rotatable bonds is 12. The minimum absolute atomic E-state index is 0.144. The van der Waals surface area contributed by atoms with Crippen molar-refractivity contribution in [1.29, 1.82) is 0 Å². The van der Waals surface area contributed by atoms with Gasteiger partial charge < -0.3 is 13.9 Å². The zero-order valence-electron chi connectivity index (χ0n) is 87.5. The van der Waals surface area contributed by atoms with E-state index in [-0.39, 0.29) is 11.4 Å². The number of aryl methyl sites for hydroxylation is 18. The second kappa shape index (κ2) is 68.3. The molecule has 20 rings (SSSR count). The molecule has 0 bridgehead atoms. The second-order valence-corrected chi connectivity index (χ2v) is 38.1. The van der Waals surface area contributed by atoms with Crippen molar-refractivity contribution < 1.29 is 23.7 Å². The Hall–Kier alpha value is -16.0. The van der Waals surface area contributed by atoms with Crippen molar-refractivity contribution in [2.75, 3.05) is 0 Å². The normalized spacial score (nSPS) is 9.60. The zero-order chi connectivity index (χ0) is 105. The van der Waals surface area contributed by atoms with Gasteiger partial charge in [0, 0.05) is 48.7 Å². The Bertz CT molecular complexity index is 6540. The maximum atomic E-state index is 10.2. The van der Waals surface area contributed by atoms with Crippen molar-refractivity contribution in [2.45, 2.75) is 144 Å². The monoisotopic (exact) mass is 1980 g/mol. The quantitative estimate of drug-likeness (QED) is 0.0870. The van der Waals surface area contributed by atoms with Crippen LogP contribution in [0.4, 0.5) is 11.4 Å². The van der Waals surface area contributed by atoms with Gasteiger partial charge in [-0.2, -0.15) is 0 Å². The summed E-state index contributed by atoms with van der Waals surface area (Å²) in [6, 6.07) is 166. The van der Waals surface area contributed by atoms with Crippen LogP contribution in [0, 0.1) is 145 Å². The molecule has 20 aromatic rings. The van der Waals surface area contributed by atoms with Crippen LogP contribution in [0.1, 0.15) is 99.7 Å². The Labute approximate surface area is 881 Å². The van der Waals surface area contributed by atoms with Crippen molar-refractivity contribution in [3.8, 4) is 45.3 Å². The predicted octanol–water partition coefficient (Wildman–Crippen LogP) is 39.9. The highest BCUT2D eigenvalue weighted by Gasteiger charge is 2.06. The molecule has 2 heterocycles. The Morgan fingerprint density at radius 3 is 0.815 bits per heavy atom. The summed E-state index contributed by atoms with van der Waals surface area (Å²) in [5, 5.41) is 22.4. The van der Waals surface area contributed by atoms with Crippen molar-refractivity contribution in [3.05, 3.63) is 629 Å². The van der Waals surface area contributed by atoms with Crippen molar-refractivity contribution in [2.24, 2.45) is 0 Å². The van der Waals surface area contributed by atoms with Crippen molar-refractivity contribution in [1.82, 2.24) is 0 Å². The molecule has 744 valence electrons. The summed E-state index contributed by atoms with van der Waals surface area (Å²) in [5.41, 5.74) is 25.7. The van der Waals surface area contributed by atoms with Crippen molar-refractivity contribution >= 4 is 46.2 Å². The lowest BCUT2D eigenvalue weighted by Gasteiger charge is -2.05. The molecule has 0 fully saturated rings. The molecule has 12 heteroatoms. The molecule has 9 nitrogen and oxygen atoms in total. The van der Waals surface area contributed by atoms with E-state index in [0.29, 0.717) is 0 Å². The first-order chi connectivity index (χ1) is 70.4. The van der Waals surface area contributed by atoms with E-state index in [9.17, 15) is 20.2 Å². The van der Waals surface area contributed by atoms with Crippen LogP contribution in [-0.4, -0.2) is 9.85 Å². The number of nitrogens with zero attached hydrogens (tertiary/aromatic N) is 2. The number of non-ortho nitro benzene ring substituents is 2. The number of nitro benzene ring substituents is 2. The summed E-state index contributed by atoms with van der Waals surface area (Å²) < 4.78 is 16.1. The largest absolute Gasteiger partial charge is 0.470 e. The summed E-state index contributed by atoms with van der Waals surface area (Å²) in [7, 11) is 0. The number of para-hydroxylation sites is 2. The lowest BCUT2D eigenvalue weighted by molar-refractivity contribution is -0.385. The van der Waals surface area contributed by atoms with E-state index in [4.69, 9.17) is 13.9 Å². The zero-order valence-corrected chi connectivity index (χ0v) is 89.9. The Balaban J connectivity index is 0.000000215. The fourth-order valence-corrected chi connectivity index (χ4v) is 15.2. The molecule has 0 atom stereocenters. The molecule has 0 aliphatic heterocycles. The van der Waals surface area contributed by atoms with E-state index in [2.05, 4.69) is 419 Å². The van der Waals surface area contributed by atoms with Gasteiger partial charge in [0.05, 0.1) is 16.1 Å². The molecule has 0 amide bonds. The molecule has 146 heavy (non-hydrogen) atoms. The van der Waals surface area contributed by atoms with Crippen LogP contribution in [-0.2, 0) is 0 Å². The Kier molecular flexibility index (Phi) is 54.7. The van der Waals surface area contributed by atoms with Gasteiger partial charge in [-0.1, -0.05) is 459 Å². The van der Waals surface area contributed by atoms with Gasteiger partial charge in [-0.15, -0.1) is 11.3 Å². The maximum Gasteiger partial charge on any atom is 0.269 e. The minimum atomic E-state index is -0.403. The number of hydrogen-bond donors (Lipinski definition) is 0. The van der Waals surface area contributed by atoms with Crippen LogP contribution in [0.15, 0.2) is 533 Å². The number of thiophene rings is 1. The third kappa shape index (κ3) is 52.7. The molecular formula is C134H138N2O7S3. The van der Waals surface area contributed by atoms with E-state index in [1.54, 1.807) is 65.4 Å². The van der Waals surface area contributed by atoms with E-state index in [0.717, 1.165) is 39.9 Å². The Morgan fingerprint density at radius 2 is 0.486 bits per heavy atom. The molecule has 0 N–H and O–H groups in total. The average Bonchev–Trinajstić information content (AvgIpc) is 0.870. The topological polar surface area (TPSA) is 118 Å². The number of ether oxygens (including phenoxy) is 2. The fourth-order valence-electron chi connectivity index (χ4n) is 12.9. The summed E-state index contributed by atoms with van der Waals surface area (Å²) in [6.07, 6.45) is 1.66. The van der Waals surface area contributed by atoms with Gasteiger partial charge >= 0.3 is 0 Å². The summed E-state index contributed by atoms with van der Waals surface area (Å²) in [5.74, 6) is 4.47. The molecule has 0 spiro atoms. The van der Waals surface area contributed by atoms with Gasteiger partial charge in [0.15, 0.2) is 0 Å². The summed E-state index contributed by atoms with van der Waals surface area (Å²) >= 11 is 5.38. The molecule has 0 aliphatic rings. The van der Waals surface area contributed by atoms with Crippen LogP contribution in [0.25, 0.3) is 22.3 Å². The summed E-state index contributed by atoms with van der Waals surface area (Å²) in [4.78, 5) is 26.0. The lowest BCUT2D eigenvalue weighted by atomic mass is 10.0. The van der Waals surface area contributed by atoms with E-state index >= 15 is 0 Å². The second-order valence-electron chi connectivity index (χ2n) is 34.6. The van der Waals surface area contributed by atoms with Crippen molar-refractivity contribution in [3.63, 3.8) is 0 Å². The lowest BCUT2D eigenvalue weighted by Crippen LogP contribution is -1.86. The SMILES string of the molecule is Cc1ccc(-c2ccccc2)cc1.Cc1ccc(C)cc1.Cc1ccc(C)cc1.Cc1ccc(Oc2ccccc2)cc1.Cc1ccc(Sc2ccccc2)cc1.Cc1ccc([N+](=O)[O-])cc1.Cc1cccc(-c2ccccc2)c1.Cc1cccc(C)c1.Cc1cccc(C)c1.Cc1cccc(Oc2ccccc2)c1.Cc1cccc(Sc2ccccc2)c1.Cc1cccc([N+](=O)[O-])c1.Cc1ccco1.Cc1cccs1. The first-order valence-electron chi connectivity index (χ1n) is 48.4. The van der Waals surface area contributed by atoms with Crippen LogP contribution in [0.3, 0.4) is 0 Å². The van der Waals surface area contributed by atoms with Gasteiger partial charge in [0.2, 0.25) is 0 Å². The molecule has 2 aromatic heterocycles. The van der Waals surface area contributed by atoms with Crippen LogP contribution < -0.4 is 9.47 Å². The van der Waals surface area contributed by atoms with Crippen LogP contribution in [0.2, 0.25) is 0 Å².